The van der Waals surface area contributed by atoms with Gasteiger partial charge in [-0.05, 0) is 52.2 Å². The SMILES string of the molecule is COc1ccc(C(O)c2ccc(C)c(Cl)c2)c(OC)c1Br. The maximum Gasteiger partial charge on any atom is 0.142 e. The van der Waals surface area contributed by atoms with Gasteiger partial charge in [0.05, 0.1) is 14.2 Å². The highest BCUT2D eigenvalue weighted by atomic mass is 79.9. The van der Waals surface area contributed by atoms with Crippen molar-refractivity contribution in [2.24, 2.45) is 0 Å². The average Bonchev–Trinajstić information content (AvgIpc) is 2.49. The highest BCUT2D eigenvalue weighted by Gasteiger charge is 2.20. The Labute approximate surface area is 137 Å². The molecular formula is C16H16BrClO3. The smallest absolute Gasteiger partial charge is 0.142 e. The molecule has 5 heteroatoms. The van der Waals surface area contributed by atoms with Gasteiger partial charge in [0.25, 0.3) is 0 Å². The molecule has 0 heterocycles. The Morgan fingerprint density at radius 3 is 2.43 bits per heavy atom. The molecule has 2 aromatic rings. The molecule has 1 unspecified atom stereocenters. The Morgan fingerprint density at radius 2 is 1.86 bits per heavy atom. The quantitative estimate of drug-likeness (QED) is 0.859. The summed E-state index contributed by atoms with van der Waals surface area (Å²) in [6.45, 7) is 1.92. The molecule has 2 rings (SSSR count). The van der Waals surface area contributed by atoms with Crippen LogP contribution in [0.3, 0.4) is 0 Å². The molecule has 0 spiro atoms. The van der Waals surface area contributed by atoms with Gasteiger partial charge in [-0.1, -0.05) is 23.7 Å². The molecule has 3 nitrogen and oxygen atoms in total. The fourth-order valence-electron chi connectivity index (χ4n) is 2.09. The fourth-order valence-corrected chi connectivity index (χ4v) is 2.97. The second-order valence-corrected chi connectivity index (χ2v) is 5.82. The van der Waals surface area contributed by atoms with E-state index in [1.54, 1.807) is 32.4 Å². The Morgan fingerprint density at radius 1 is 1.14 bits per heavy atom. The second kappa shape index (κ2) is 6.69. The fraction of sp³-hybridized carbons (Fsp3) is 0.250. The summed E-state index contributed by atoms with van der Waals surface area (Å²) in [5.41, 5.74) is 2.32. The van der Waals surface area contributed by atoms with Crippen molar-refractivity contribution in [2.45, 2.75) is 13.0 Å². The van der Waals surface area contributed by atoms with Gasteiger partial charge in [-0.25, -0.2) is 0 Å². The van der Waals surface area contributed by atoms with Gasteiger partial charge in [0.15, 0.2) is 0 Å². The molecule has 0 aliphatic carbocycles. The van der Waals surface area contributed by atoms with Gasteiger partial charge < -0.3 is 14.6 Å². The standard InChI is InChI=1S/C16H16BrClO3/c1-9-4-5-10(8-12(9)18)15(19)11-6-7-13(20-2)14(17)16(11)21-3/h4-8,15,19H,1-3H3. The van der Waals surface area contributed by atoms with E-state index >= 15 is 0 Å². The van der Waals surface area contributed by atoms with Gasteiger partial charge in [-0.3, -0.25) is 0 Å². The van der Waals surface area contributed by atoms with Gasteiger partial charge in [-0.15, -0.1) is 0 Å². The van der Waals surface area contributed by atoms with Crippen molar-refractivity contribution >= 4 is 27.5 Å². The summed E-state index contributed by atoms with van der Waals surface area (Å²) in [6, 6.07) is 9.05. The number of hydrogen-bond donors (Lipinski definition) is 1. The topological polar surface area (TPSA) is 38.7 Å². The lowest BCUT2D eigenvalue weighted by molar-refractivity contribution is 0.214. The first kappa shape index (κ1) is 16.1. The van der Waals surface area contributed by atoms with Crippen molar-refractivity contribution in [1.29, 1.82) is 0 Å². The number of benzene rings is 2. The first-order chi connectivity index (χ1) is 9.99. The van der Waals surface area contributed by atoms with Crippen molar-refractivity contribution in [3.8, 4) is 11.5 Å². The molecule has 2 aromatic carbocycles. The first-order valence-corrected chi connectivity index (χ1v) is 7.51. The van der Waals surface area contributed by atoms with E-state index in [0.29, 0.717) is 32.1 Å². The molecule has 1 atom stereocenters. The molecule has 0 bridgehead atoms. The van der Waals surface area contributed by atoms with Crippen LogP contribution in [0.1, 0.15) is 22.8 Å². The lowest BCUT2D eigenvalue weighted by Crippen LogP contribution is -2.04. The van der Waals surface area contributed by atoms with Crippen LogP contribution in [0, 0.1) is 6.92 Å². The summed E-state index contributed by atoms with van der Waals surface area (Å²) >= 11 is 9.56. The maximum atomic E-state index is 10.6. The predicted molar refractivity (Wildman–Crippen MR) is 87.5 cm³/mol. The maximum absolute atomic E-state index is 10.6. The van der Waals surface area contributed by atoms with Crippen LogP contribution < -0.4 is 9.47 Å². The Bertz CT molecular complexity index is 658. The zero-order valence-electron chi connectivity index (χ0n) is 12.0. The van der Waals surface area contributed by atoms with Gasteiger partial charge in [0.2, 0.25) is 0 Å². The molecule has 0 fully saturated rings. The van der Waals surface area contributed by atoms with Crippen LogP contribution in [0.2, 0.25) is 5.02 Å². The molecule has 0 amide bonds. The van der Waals surface area contributed by atoms with E-state index in [2.05, 4.69) is 15.9 Å². The minimum atomic E-state index is -0.833. The lowest BCUT2D eigenvalue weighted by atomic mass is 9.99. The summed E-state index contributed by atoms with van der Waals surface area (Å²) in [5.74, 6) is 1.18. The van der Waals surface area contributed by atoms with Crippen molar-refractivity contribution < 1.29 is 14.6 Å². The summed E-state index contributed by atoms with van der Waals surface area (Å²) in [4.78, 5) is 0. The molecule has 0 aliphatic heterocycles. The van der Waals surface area contributed by atoms with Crippen LogP contribution in [0.4, 0.5) is 0 Å². The molecule has 0 radical (unpaired) electrons. The van der Waals surface area contributed by atoms with Crippen LogP contribution in [-0.2, 0) is 0 Å². The van der Waals surface area contributed by atoms with Crippen molar-refractivity contribution in [2.75, 3.05) is 14.2 Å². The monoisotopic (exact) mass is 370 g/mol. The number of rotatable bonds is 4. The van der Waals surface area contributed by atoms with Crippen LogP contribution in [0.5, 0.6) is 11.5 Å². The van der Waals surface area contributed by atoms with E-state index < -0.39 is 6.10 Å². The largest absolute Gasteiger partial charge is 0.495 e. The van der Waals surface area contributed by atoms with Crippen molar-refractivity contribution in [3.63, 3.8) is 0 Å². The summed E-state index contributed by atoms with van der Waals surface area (Å²) in [6.07, 6.45) is -0.833. The van der Waals surface area contributed by atoms with E-state index in [9.17, 15) is 5.11 Å². The van der Waals surface area contributed by atoms with Gasteiger partial charge in [0.1, 0.15) is 22.1 Å². The first-order valence-electron chi connectivity index (χ1n) is 6.34. The van der Waals surface area contributed by atoms with Crippen LogP contribution in [0.15, 0.2) is 34.8 Å². The molecule has 0 saturated heterocycles. The number of halogens is 2. The average molecular weight is 372 g/mol. The van der Waals surface area contributed by atoms with E-state index in [-0.39, 0.29) is 0 Å². The summed E-state index contributed by atoms with van der Waals surface area (Å²) in [7, 11) is 3.13. The van der Waals surface area contributed by atoms with Crippen LogP contribution in [0.25, 0.3) is 0 Å². The Hall–Kier alpha value is -1.23. The van der Waals surface area contributed by atoms with Gasteiger partial charge in [-0.2, -0.15) is 0 Å². The predicted octanol–water partition coefficient (Wildman–Crippen LogP) is 4.51. The van der Waals surface area contributed by atoms with Crippen molar-refractivity contribution in [3.05, 3.63) is 56.5 Å². The minimum absolute atomic E-state index is 0.540. The third-order valence-corrected chi connectivity index (χ3v) is 4.48. The number of aryl methyl sites for hydroxylation is 1. The van der Waals surface area contributed by atoms with E-state index in [0.717, 1.165) is 5.56 Å². The number of aliphatic hydroxyl groups is 1. The molecular weight excluding hydrogens is 356 g/mol. The van der Waals surface area contributed by atoms with Gasteiger partial charge >= 0.3 is 0 Å². The van der Waals surface area contributed by atoms with E-state index in [4.69, 9.17) is 21.1 Å². The van der Waals surface area contributed by atoms with E-state index in [1.807, 2.05) is 19.1 Å². The lowest BCUT2D eigenvalue weighted by Gasteiger charge is -2.18. The Balaban J connectivity index is 2.50. The molecule has 0 aliphatic rings. The Kier molecular flexibility index (Phi) is 5.14. The normalized spacial score (nSPS) is 12.1. The molecule has 0 saturated carbocycles. The molecule has 21 heavy (non-hydrogen) atoms. The van der Waals surface area contributed by atoms with Crippen LogP contribution in [-0.4, -0.2) is 19.3 Å². The van der Waals surface area contributed by atoms with Gasteiger partial charge in [0, 0.05) is 10.6 Å². The third-order valence-electron chi connectivity index (χ3n) is 3.32. The van der Waals surface area contributed by atoms with E-state index in [1.165, 1.54) is 0 Å². The summed E-state index contributed by atoms with van der Waals surface area (Å²) in [5, 5.41) is 11.2. The molecule has 1 N–H and O–H groups in total. The van der Waals surface area contributed by atoms with Crippen molar-refractivity contribution in [1.82, 2.24) is 0 Å². The number of aliphatic hydroxyl groups excluding tert-OH is 1. The number of hydrogen-bond acceptors (Lipinski definition) is 3. The highest BCUT2D eigenvalue weighted by Crippen LogP contribution is 2.41. The minimum Gasteiger partial charge on any atom is -0.495 e. The molecule has 0 aromatic heterocycles. The molecule has 112 valence electrons. The second-order valence-electron chi connectivity index (χ2n) is 4.62. The highest BCUT2D eigenvalue weighted by molar-refractivity contribution is 9.10. The number of ether oxygens (including phenoxy) is 2. The third kappa shape index (κ3) is 3.18. The summed E-state index contributed by atoms with van der Waals surface area (Å²) < 4.78 is 11.3. The van der Waals surface area contributed by atoms with Crippen LogP contribution >= 0.6 is 27.5 Å². The number of methoxy groups -OCH3 is 2. The zero-order valence-corrected chi connectivity index (χ0v) is 14.3. The zero-order chi connectivity index (χ0) is 15.6.